The highest BCUT2D eigenvalue weighted by Crippen LogP contribution is 2.30. The minimum Gasteiger partial charge on any atom is -0.495 e. The van der Waals surface area contributed by atoms with Crippen molar-refractivity contribution in [2.75, 3.05) is 19.1 Å². The topological polar surface area (TPSA) is 50.3 Å². The summed E-state index contributed by atoms with van der Waals surface area (Å²) in [4.78, 5) is 10.9. The lowest BCUT2D eigenvalue weighted by Crippen LogP contribution is -2.22. The second-order valence-corrected chi connectivity index (χ2v) is 5.13. The Balaban J connectivity index is 2.14. The van der Waals surface area contributed by atoms with Crippen molar-refractivity contribution in [3.05, 3.63) is 42.4 Å². The molecule has 0 radical (unpaired) electrons. The Labute approximate surface area is 126 Å². The number of nitrogens with zero attached hydrogens (tertiary/aromatic N) is 3. The SMILES string of the molecule is COc1ccccc1N(C)c1cnc(CNC(C)C)cn1. The number of anilines is 2. The van der Waals surface area contributed by atoms with Crippen LogP contribution < -0.4 is 15.0 Å². The highest BCUT2D eigenvalue weighted by Gasteiger charge is 2.10. The molecule has 1 heterocycles. The van der Waals surface area contributed by atoms with Gasteiger partial charge in [-0.3, -0.25) is 4.98 Å². The van der Waals surface area contributed by atoms with E-state index in [2.05, 4.69) is 29.1 Å². The van der Waals surface area contributed by atoms with E-state index >= 15 is 0 Å². The standard InChI is InChI=1S/C16H22N4O/c1-12(2)17-9-13-10-19-16(11-18-13)20(3)14-7-5-6-8-15(14)21-4/h5-8,10-12,17H,9H2,1-4H3. The van der Waals surface area contributed by atoms with Gasteiger partial charge < -0.3 is 15.0 Å². The van der Waals surface area contributed by atoms with E-state index in [0.29, 0.717) is 6.04 Å². The average Bonchev–Trinajstić information content (AvgIpc) is 2.52. The van der Waals surface area contributed by atoms with Crippen molar-refractivity contribution in [2.24, 2.45) is 0 Å². The van der Waals surface area contributed by atoms with E-state index in [4.69, 9.17) is 4.74 Å². The monoisotopic (exact) mass is 286 g/mol. The predicted octanol–water partition coefficient (Wildman–Crippen LogP) is 2.75. The van der Waals surface area contributed by atoms with Gasteiger partial charge in [0.05, 0.1) is 30.9 Å². The molecule has 5 heteroatoms. The highest BCUT2D eigenvalue weighted by atomic mass is 16.5. The molecular weight excluding hydrogens is 264 g/mol. The first-order valence-electron chi connectivity index (χ1n) is 7.03. The molecule has 0 fully saturated rings. The number of hydrogen-bond donors (Lipinski definition) is 1. The Morgan fingerprint density at radius 2 is 1.95 bits per heavy atom. The molecule has 0 unspecified atom stereocenters. The first-order valence-corrected chi connectivity index (χ1v) is 7.03. The zero-order valence-corrected chi connectivity index (χ0v) is 13.0. The van der Waals surface area contributed by atoms with Gasteiger partial charge in [-0.2, -0.15) is 0 Å². The maximum absolute atomic E-state index is 5.38. The van der Waals surface area contributed by atoms with Gasteiger partial charge in [-0.05, 0) is 12.1 Å². The van der Waals surface area contributed by atoms with E-state index in [9.17, 15) is 0 Å². The molecule has 0 amide bonds. The Morgan fingerprint density at radius 1 is 1.19 bits per heavy atom. The van der Waals surface area contributed by atoms with Gasteiger partial charge in [-0.25, -0.2) is 4.98 Å². The summed E-state index contributed by atoms with van der Waals surface area (Å²) >= 11 is 0. The van der Waals surface area contributed by atoms with E-state index in [1.165, 1.54) is 0 Å². The van der Waals surface area contributed by atoms with Crippen LogP contribution in [0.15, 0.2) is 36.7 Å². The van der Waals surface area contributed by atoms with Crippen LogP contribution in [0.5, 0.6) is 5.75 Å². The van der Waals surface area contributed by atoms with Gasteiger partial charge in [-0.1, -0.05) is 26.0 Å². The van der Waals surface area contributed by atoms with Crippen LogP contribution in [0.25, 0.3) is 0 Å². The first kappa shape index (κ1) is 15.3. The Hall–Kier alpha value is -2.14. The molecule has 0 saturated heterocycles. The van der Waals surface area contributed by atoms with Crippen molar-refractivity contribution in [3.8, 4) is 5.75 Å². The maximum atomic E-state index is 5.38. The summed E-state index contributed by atoms with van der Waals surface area (Å²) in [6.07, 6.45) is 3.58. The summed E-state index contributed by atoms with van der Waals surface area (Å²) in [7, 11) is 3.62. The molecule has 1 aromatic carbocycles. The highest BCUT2D eigenvalue weighted by molar-refractivity contribution is 5.65. The normalized spacial score (nSPS) is 10.7. The van der Waals surface area contributed by atoms with Crippen LogP contribution in [0.3, 0.4) is 0 Å². The summed E-state index contributed by atoms with van der Waals surface area (Å²) in [6, 6.07) is 8.28. The van der Waals surface area contributed by atoms with Gasteiger partial charge in [0.2, 0.25) is 0 Å². The molecule has 0 bridgehead atoms. The second-order valence-electron chi connectivity index (χ2n) is 5.13. The Kier molecular flexibility index (Phi) is 5.11. The number of benzene rings is 1. The van der Waals surface area contributed by atoms with Crippen molar-refractivity contribution in [2.45, 2.75) is 26.4 Å². The van der Waals surface area contributed by atoms with Crippen LogP contribution in [-0.4, -0.2) is 30.2 Å². The van der Waals surface area contributed by atoms with Gasteiger partial charge in [0.15, 0.2) is 5.82 Å². The zero-order valence-electron chi connectivity index (χ0n) is 13.0. The van der Waals surface area contributed by atoms with Crippen molar-refractivity contribution < 1.29 is 4.74 Å². The number of methoxy groups -OCH3 is 1. The molecule has 0 aliphatic rings. The molecule has 0 aliphatic carbocycles. The van der Waals surface area contributed by atoms with Crippen LogP contribution in [0.4, 0.5) is 11.5 Å². The molecule has 5 nitrogen and oxygen atoms in total. The fourth-order valence-electron chi connectivity index (χ4n) is 1.95. The molecule has 0 aliphatic heterocycles. The third-order valence-electron chi connectivity index (χ3n) is 3.17. The predicted molar refractivity (Wildman–Crippen MR) is 85.1 cm³/mol. The summed E-state index contributed by atoms with van der Waals surface area (Å²) in [5.74, 6) is 1.60. The molecule has 1 N–H and O–H groups in total. The van der Waals surface area contributed by atoms with Crippen LogP contribution in [-0.2, 0) is 6.54 Å². The van der Waals surface area contributed by atoms with Gasteiger partial charge in [0, 0.05) is 19.6 Å². The number of ether oxygens (including phenoxy) is 1. The van der Waals surface area contributed by atoms with Crippen LogP contribution in [0, 0.1) is 0 Å². The third-order valence-corrected chi connectivity index (χ3v) is 3.17. The molecule has 2 rings (SSSR count). The van der Waals surface area contributed by atoms with Crippen molar-refractivity contribution in [1.82, 2.24) is 15.3 Å². The fraction of sp³-hybridized carbons (Fsp3) is 0.375. The van der Waals surface area contributed by atoms with E-state index in [1.54, 1.807) is 19.5 Å². The van der Waals surface area contributed by atoms with Crippen molar-refractivity contribution in [3.63, 3.8) is 0 Å². The van der Waals surface area contributed by atoms with Gasteiger partial charge in [0.1, 0.15) is 5.75 Å². The Morgan fingerprint density at radius 3 is 2.57 bits per heavy atom. The van der Waals surface area contributed by atoms with E-state index in [-0.39, 0.29) is 0 Å². The number of aromatic nitrogens is 2. The number of hydrogen-bond acceptors (Lipinski definition) is 5. The molecule has 0 spiro atoms. The van der Waals surface area contributed by atoms with Crippen LogP contribution in [0.1, 0.15) is 19.5 Å². The summed E-state index contributed by atoms with van der Waals surface area (Å²) in [5, 5.41) is 3.32. The lowest BCUT2D eigenvalue weighted by atomic mass is 10.2. The summed E-state index contributed by atoms with van der Waals surface area (Å²) in [6.45, 7) is 4.94. The van der Waals surface area contributed by atoms with Crippen molar-refractivity contribution >= 4 is 11.5 Å². The third kappa shape index (κ3) is 3.92. The van der Waals surface area contributed by atoms with E-state index in [0.717, 1.165) is 29.5 Å². The average molecular weight is 286 g/mol. The quantitative estimate of drug-likeness (QED) is 0.885. The van der Waals surface area contributed by atoms with Crippen LogP contribution in [0.2, 0.25) is 0 Å². The van der Waals surface area contributed by atoms with Crippen LogP contribution >= 0.6 is 0 Å². The summed E-state index contributed by atoms with van der Waals surface area (Å²) < 4.78 is 5.38. The maximum Gasteiger partial charge on any atom is 0.151 e. The number of rotatable bonds is 6. The largest absolute Gasteiger partial charge is 0.495 e. The minimum absolute atomic E-state index is 0.433. The smallest absolute Gasteiger partial charge is 0.151 e. The number of para-hydroxylation sites is 2. The van der Waals surface area contributed by atoms with E-state index < -0.39 is 0 Å². The minimum atomic E-state index is 0.433. The molecular formula is C16H22N4O. The summed E-state index contributed by atoms with van der Waals surface area (Å²) in [5.41, 5.74) is 1.89. The van der Waals surface area contributed by atoms with E-state index in [1.807, 2.05) is 36.2 Å². The van der Waals surface area contributed by atoms with Gasteiger partial charge in [0.25, 0.3) is 0 Å². The second kappa shape index (κ2) is 7.04. The zero-order chi connectivity index (χ0) is 15.2. The lowest BCUT2D eigenvalue weighted by molar-refractivity contribution is 0.415. The molecule has 0 saturated carbocycles. The molecule has 21 heavy (non-hydrogen) atoms. The molecule has 0 atom stereocenters. The van der Waals surface area contributed by atoms with Gasteiger partial charge in [-0.15, -0.1) is 0 Å². The Bertz CT molecular complexity index is 569. The van der Waals surface area contributed by atoms with Gasteiger partial charge >= 0.3 is 0 Å². The molecule has 2 aromatic rings. The van der Waals surface area contributed by atoms with Crippen molar-refractivity contribution in [1.29, 1.82) is 0 Å². The first-order chi connectivity index (χ1) is 10.1. The fourth-order valence-corrected chi connectivity index (χ4v) is 1.95. The molecule has 112 valence electrons. The molecule has 1 aromatic heterocycles. The lowest BCUT2D eigenvalue weighted by Gasteiger charge is -2.20. The number of nitrogens with one attached hydrogen (secondary N) is 1.